The van der Waals surface area contributed by atoms with Gasteiger partial charge in [-0.2, -0.15) is 0 Å². The van der Waals surface area contributed by atoms with E-state index in [4.69, 9.17) is 11.6 Å². The molecular formula is C19H30ClN. The molecule has 1 nitrogen and oxygen atoms in total. The first-order chi connectivity index (χ1) is 10.1. The molecule has 1 aliphatic carbocycles. The van der Waals surface area contributed by atoms with Gasteiger partial charge in [-0.1, -0.05) is 56.8 Å². The number of hydrogen-bond acceptors (Lipinski definition) is 1. The van der Waals surface area contributed by atoms with Crippen molar-refractivity contribution >= 4 is 11.6 Å². The monoisotopic (exact) mass is 307 g/mol. The van der Waals surface area contributed by atoms with Crippen molar-refractivity contribution in [1.82, 2.24) is 5.32 Å². The van der Waals surface area contributed by atoms with Gasteiger partial charge >= 0.3 is 0 Å². The highest BCUT2D eigenvalue weighted by Crippen LogP contribution is 2.31. The molecule has 2 unspecified atom stereocenters. The van der Waals surface area contributed by atoms with Crippen LogP contribution >= 0.6 is 11.6 Å². The maximum Gasteiger partial charge on any atom is 0.0408 e. The molecule has 0 bridgehead atoms. The molecule has 1 N–H and O–H groups in total. The largest absolute Gasteiger partial charge is 0.316 e. The second kappa shape index (κ2) is 8.80. The predicted octanol–water partition coefficient (Wildman–Crippen LogP) is 5.32. The lowest BCUT2D eigenvalue weighted by molar-refractivity contribution is 0.294. The van der Waals surface area contributed by atoms with Crippen LogP contribution in [0.2, 0.25) is 5.02 Å². The van der Waals surface area contributed by atoms with Crippen molar-refractivity contribution in [3.63, 3.8) is 0 Å². The first-order valence-corrected chi connectivity index (χ1v) is 8.98. The van der Waals surface area contributed by atoms with Crippen molar-refractivity contribution < 1.29 is 0 Å². The van der Waals surface area contributed by atoms with Crippen LogP contribution < -0.4 is 5.32 Å². The Kier molecular flexibility index (Phi) is 7.06. The van der Waals surface area contributed by atoms with Gasteiger partial charge in [0.2, 0.25) is 0 Å². The third-order valence-electron chi connectivity index (χ3n) is 4.66. The van der Waals surface area contributed by atoms with Crippen LogP contribution in [0.3, 0.4) is 0 Å². The van der Waals surface area contributed by atoms with Gasteiger partial charge in [0, 0.05) is 5.02 Å². The zero-order valence-electron chi connectivity index (χ0n) is 13.6. The van der Waals surface area contributed by atoms with E-state index in [1.165, 1.54) is 50.6 Å². The summed E-state index contributed by atoms with van der Waals surface area (Å²) in [4.78, 5) is 0. The molecule has 1 saturated carbocycles. The molecule has 0 spiro atoms. The lowest BCUT2D eigenvalue weighted by Crippen LogP contribution is -2.31. The second-order valence-corrected chi connectivity index (χ2v) is 7.48. The Hall–Kier alpha value is -0.530. The zero-order chi connectivity index (χ0) is 15.1. The van der Waals surface area contributed by atoms with E-state index >= 15 is 0 Å². The summed E-state index contributed by atoms with van der Waals surface area (Å²) in [7, 11) is 0. The van der Waals surface area contributed by atoms with Crippen LogP contribution in [-0.2, 0) is 6.42 Å². The van der Waals surface area contributed by atoms with Crippen molar-refractivity contribution in [2.24, 2.45) is 17.8 Å². The topological polar surface area (TPSA) is 12.0 Å². The molecule has 0 heterocycles. The second-order valence-electron chi connectivity index (χ2n) is 7.04. The summed E-state index contributed by atoms with van der Waals surface area (Å²) in [6.45, 7) is 6.89. The quantitative estimate of drug-likeness (QED) is 0.701. The molecule has 1 aliphatic rings. The maximum absolute atomic E-state index is 6.14. The molecule has 0 saturated heterocycles. The first kappa shape index (κ1) is 16.8. The third-order valence-corrected chi connectivity index (χ3v) is 4.90. The highest BCUT2D eigenvalue weighted by Gasteiger charge is 2.23. The summed E-state index contributed by atoms with van der Waals surface area (Å²) in [6.07, 6.45) is 8.16. The van der Waals surface area contributed by atoms with Crippen LogP contribution in [0.4, 0.5) is 0 Å². The summed E-state index contributed by atoms with van der Waals surface area (Å²) in [6, 6.07) is 8.43. The fourth-order valence-corrected chi connectivity index (χ4v) is 3.74. The van der Waals surface area contributed by atoms with Gasteiger partial charge in [-0.05, 0) is 67.8 Å². The normalized spacial score (nSPS) is 23.2. The highest BCUT2D eigenvalue weighted by molar-refractivity contribution is 6.30. The first-order valence-electron chi connectivity index (χ1n) is 8.60. The van der Waals surface area contributed by atoms with E-state index in [-0.39, 0.29) is 0 Å². The zero-order valence-corrected chi connectivity index (χ0v) is 14.3. The maximum atomic E-state index is 6.14. The van der Waals surface area contributed by atoms with Crippen LogP contribution in [0.5, 0.6) is 0 Å². The van der Waals surface area contributed by atoms with E-state index in [2.05, 4.69) is 37.4 Å². The van der Waals surface area contributed by atoms with E-state index in [9.17, 15) is 0 Å². The minimum Gasteiger partial charge on any atom is -0.316 e. The Morgan fingerprint density at radius 3 is 2.62 bits per heavy atom. The highest BCUT2D eigenvalue weighted by atomic mass is 35.5. The lowest BCUT2D eigenvalue weighted by atomic mass is 9.83. The van der Waals surface area contributed by atoms with Gasteiger partial charge in [-0.15, -0.1) is 0 Å². The molecule has 2 rings (SSSR count). The Bertz CT molecular complexity index is 416. The molecule has 0 radical (unpaired) electrons. The number of halogens is 1. The SMILES string of the molecule is CC(C)CNCC1CCCCCC1Cc1cccc(Cl)c1. The molecule has 118 valence electrons. The third kappa shape index (κ3) is 6.00. The van der Waals surface area contributed by atoms with Gasteiger partial charge in [0.25, 0.3) is 0 Å². The average Bonchev–Trinajstić information content (AvgIpc) is 2.64. The smallest absolute Gasteiger partial charge is 0.0408 e. The molecule has 2 atom stereocenters. The molecule has 0 aliphatic heterocycles. The molecule has 0 amide bonds. The van der Waals surface area contributed by atoms with Gasteiger partial charge in [0.05, 0.1) is 0 Å². The van der Waals surface area contributed by atoms with Crippen LogP contribution in [0.25, 0.3) is 0 Å². The summed E-state index contributed by atoms with van der Waals surface area (Å²) < 4.78 is 0. The number of benzene rings is 1. The molecule has 1 fully saturated rings. The standard InChI is InChI=1S/C19H30ClN/c1-15(2)13-21-14-18-9-5-3-4-8-17(18)11-16-7-6-10-19(20)12-16/h6-7,10,12,15,17-18,21H,3-5,8-9,11,13-14H2,1-2H3. The Balaban J connectivity index is 1.94. The molecule has 2 heteroatoms. The van der Waals surface area contributed by atoms with Crippen molar-refractivity contribution in [3.05, 3.63) is 34.9 Å². The fourth-order valence-electron chi connectivity index (χ4n) is 3.52. The average molecular weight is 308 g/mol. The predicted molar refractivity (Wildman–Crippen MR) is 92.9 cm³/mol. The van der Waals surface area contributed by atoms with E-state index in [0.717, 1.165) is 29.3 Å². The van der Waals surface area contributed by atoms with Gasteiger partial charge < -0.3 is 5.32 Å². The van der Waals surface area contributed by atoms with Crippen molar-refractivity contribution in [1.29, 1.82) is 0 Å². The molecule has 1 aromatic rings. The number of hydrogen-bond donors (Lipinski definition) is 1. The minimum absolute atomic E-state index is 0.738. The summed E-state index contributed by atoms with van der Waals surface area (Å²) in [5, 5.41) is 4.55. The van der Waals surface area contributed by atoms with Crippen molar-refractivity contribution in [2.45, 2.75) is 52.4 Å². The molecular weight excluding hydrogens is 278 g/mol. The Morgan fingerprint density at radius 2 is 1.90 bits per heavy atom. The van der Waals surface area contributed by atoms with Gasteiger partial charge in [0.1, 0.15) is 0 Å². The van der Waals surface area contributed by atoms with E-state index in [1.54, 1.807) is 0 Å². The molecule has 21 heavy (non-hydrogen) atoms. The van der Waals surface area contributed by atoms with E-state index in [0.29, 0.717) is 0 Å². The van der Waals surface area contributed by atoms with Gasteiger partial charge in [-0.25, -0.2) is 0 Å². The van der Waals surface area contributed by atoms with Crippen LogP contribution in [0, 0.1) is 17.8 Å². The number of nitrogens with one attached hydrogen (secondary N) is 1. The van der Waals surface area contributed by atoms with E-state index in [1.807, 2.05) is 6.07 Å². The summed E-state index contributed by atoms with van der Waals surface area (Å²) in [5.41, 5.74) is 1.41. The summed E-state index contributed by atoms with van der Waals surface area (Å²) in [5.74, 6) is 2.37. The van der Waals surface area contributed by atoms with Gasteiger partial charge in [-0.3, -0.25) is 0 Å². The fraction of sp³-hybridized carbons (Fsp3) is 0.684. The molecule has 1 aromatic carbocycles. The van der Waals surface area contributed by atoms with Crippen LogP contribution in [-0.4, -0.2) is 13.1 Å². The summed E-state index contributed by atoms with van der Waals surface area (Å²) >= 11 is 6.14. The lowest BCUT2D eigenvalue weighted by Gasteiger charge is -2.26. The minimum atomic E-state index is 0.738. The van der Waals surface area contributed by atoms with Crippen LogP contribution in [0.15, 0.2) is 24.3 Å². The van der Waals surface area contributed by atoms with Crippen LogP contribution in [0.1, 0.15) is 51.5 Å². The van der Waals surface area contributed by atoms with E-state index < -0.39 is 0 Å². The Labute approximate surface area is 135 Å². The number of rotatable bonds is 6. The van der Waals surface area contributed by atoms with Crippen molar-refractivity contribution in [3.8, 4) is 0 Å². The Morgan fingerprint density at radius 1 is 1.14 bits per heavy atom. The molecule has 0 aromatic heterocycles. The van der Waals surface area contributed by atoms with Crippen molar-refractivity contribution in [2.75, 3.05) is 13.1 Å². The van der Waals surface area contributed by atoms with Gasteiger partial charge in [0.15, 0.2) is 0 Å².